The van der Waals surface area contributed by atoms with Crippen LogP contribution in [0.5, 0.6) is 11.5 Å². The molecule has 1 aliphatic heterocycles. The maximum absolute atomic E-state index is 12.2. The lowest BCUT2D eigenvalue weighted by molar-refractivity contribution is 0.0309. The van der Waals surface area contributed by atoms with Crippen LogP contribution < -0.4 is 9.47 Å². The minimum Gasteiger partial charge on any atom is -0.496 e. The van der Waals surface area contributed by atoms with E-state index in [9.17, 15) is 13.5 Å². The van der Waals surface area contributed by atoms with Gasteiger partial charge in [0.2, 0.25) is 5.16 Å². The maximum atomic E-state index is 12.2. The molecule has 9 heteroatoms. The number of sulfonamides is 1. The molecule has 0 saturated carbocycles. The van der Waals surface area contributed by atoms with Crippen LogP contribution in [0.1, 0.15) is 23.2 Å². The minimum atomic E-state index is -3.72. The van der Waals surface area contributed by atoms with Gasteiger partial charge in [0.15, 0.2) is 0 Å². The summed E-state index contributed by atoms with van der Waals surface area (Å²) in [7, 11) is 0.671. The van der Waals surface area contributed by atoms with E-state index in [1.165, 1.54) is 20.3 Å². The number of imidazole rings is 1. The molecule has 1 unspecified atom stereocenters. The third-order valence-electron chi connectivity index (χ3n) is 4.37. The number of nitrogens with one attached hydrogen (secondary N) is 1. The van der Waals surface area contributed by atoms with Gasteiger partial charge in [0.1, 0.15) is 17.1 Å². The van der Waals surface area contributed by atoms with Crippen LogP contribution >= 0.6 is 0 Å². The van der Waals surface area contributed by atoms with E-state index < -0.39 is 15.6 Å². The molecule has 3 rings (SSSR count). The Morgan fingerprint density at radius 1 is 1.40 bits per heavy atom. The third-order valence-corrected chi connectivity index (χ3v) is 6.03. The average Bonchev–Trinajstić information content (AvgIpc) is 3.06. The van der Waals surface area contributed by atoms with E-state index in [1.54, 1.807) is 19.2 Å². The molecule has 2 N–H and O–H groups in total. The van der Waals surface area contributed by atoms with Crippen molar-refractivity contribution in [3.63, 3.8) is 0 Å². The number of benzene rings is 1. The van der Waals surface area contributed by atoms with Gasteiger partial charge in [-0.05, 0) is 24.6 Å². The number of fused-ring (bicyclic) bond motifs is 1. The third kappa shape index (κ3) is 2.78. The van der Waals surface area contributed by atoms with Crippen molar-refractivity contribution in [2.45, 2.75) is 24.1 Å². The van der Waals surface area contributed by atoms with E-state index in [2.05, 4.69) is 9.97 Å². The van der Waals surface area contributed by atoms with Crippen LogP contribution in [0.15, 0.2) is 23.5 Å². The van der Waals surface area contributed by atoms with Gasteiger partial charge >= 0.3 is 0 Å². The second kappa shape index (κ2) is 6.01. The quantitative estimate of drug-likeness (QED) is 0.835. The van der Waals surface area contributed by atoms with Gasteiger partial charge in [0, 0.05) is 32.3 Å². The lowest BCUT2D eigenvalue weighted by atomic mass is 9.85. The molecule has 1 aromatic heterocycles. The van der Waals surface area contributed by atoms with Gasteiger partial charge in [0.05, 0.1) is 19.4 Å². The molecule has 2 heterocycles. The molecular weight excluding hydrogens is 346 g/mol. The standard InChI is InChI=1S/C16H21N3O5S/c1-10-7-13-11(8-12(10)23-4)16(20,5-6-24-13)14-9-17-15(18-14)25(21,22)19(2)3/h7-9,20H,5-6H2,1-4H3,(H,17,18). The molecule has 1 atom stereocenters. The highest BCUT2D eigenvalue weighted by Gasteiger charge is 2.41. The zero-order valence-corrected chi connectivity index (χ0v) is 15.3. The summed E-state index contributed by atoms with van der Waals surface area (Å²) in [5.41, 5.74) is 0.138. The van der Waals surface area contributed by atoms with Gasteiger partial charge < -0.3 is 19.6 Å². The van der Waals surface area contributed by atoms with Crippen molar-refractivity contribution in [1.82, 2.24) is 14.3 Å². The number of rotatable bonds is 4. The zero-order chi connectivity index (χ0) is 18.4. The van der Waals surface area contributed by atoms with Gasteiger partial charge in [0.25, 0.3) is 10.0 Å². The highest BCUT2D eigenvalue weighted by Crippen LogP contribution is 2.44. The van der Waals surface area contributed by atoms with Crippen molar-refractivity contribution in [2.75, 3.05) is 27.8 Å². The molecular formula is C16H21N3O5S. The van der Waals surface area contributed by atoms with Crippen LogP contribution in [0.25, 0.3) is 0 Å². The molecule has 0 amide bonds. The van der Waals surface area contributed by atoms with E-state index in [1.807, 2.05) is 6.92 Å². The summed E-state index contributed by atoms with van der Waals surface area (Å²) < 4.78 is 36.5. The maximum Gasteiger partial charge on any atom is 0.276 e. The topological polar surface area (TPSA) is 105 Å². The van der Waals surface area contributed by atoms with Crippen molar-refractivity contribution in [1.29, 1.82) is 0 Å². The van der Waals surface area contributed by atoms with Gasteiger partial charge in [-0.3, -0.25) is 0 Å². The summed E-state index contributed by atoms with van der Waals surface area (Å²) in [6.07, 6.45) is 1.66. The Kier molecular flexibility index (Phi) is 4.26. The van der Waals surface area contributed by atoms with Gasteiger partial charge in [-0.2, -0.15) is 0 Å². The fourth-order valence-corrected chi connectivity index (χ4v) is 3.62. The molecule has 8 nitrogen and oxygen atoms in total. The first kappa shape index (κ1) is 17.7. The molecule has 1 aromatic carbocycles. The molecule has 1 aliphatic rings. The van der Waals surface area contributed by atoms with Crippen molar-refractivity contribution in [3.8, 4) is 11.5 Å². The number of hydrogen-bond donors (Lipinski definition) is 2. The highest BCUT2D eigenvalue weighted by atomic mass is 32.2. The largest absolute Gasteiger partial charge is 0.496 e. The van der Waals surface area contributed by atoms with Crippen LogP contribution in [0.2, 0.25) is 0 Å². The first-order chi connectivity index (χ1) is 11.7. The molecule has 0 spiro atoms. The van der Waals surface area contributed by atoms with E-state index in [-0.39, 0.29) is 23.9 Å². The molecule has 2 aromatic rings. The van der Waals surface area contributed by atoms with Crippen LogP contribution in [-0.4, -0.2) is 55.6 Å². The van der Waals surface area contributed by atoms with E-state index >= 15 is 0 Å². The number of hydrogen-bond acceptors (Lipinski definition) is 6. The molecule has 0 radical (unpaired) electrons. The van der Waals surface area contributed by atoms with E-state index in [0.717, 1.165) is 9.87 Å². The summed E-state index contributed by atoms with van der Waals surface area (Å²) in [5, 5.41) is 11.1. The van der Waals surface area contributed by atoms with Crippen LogP contribution in [-0.2, 0) is 15.6 Å². The van der Waals surface area contributed by atoms with Crippen LogP contribution in [0.3, 0.4) is 0 Å². The summed E-state index contributed by atoms with van der Waals surface area (Å²) >= 11 is 0. The van der Waals surface area contributed by atoms with Crippen LogP contribution in [0, 0.1) is 6.92 Å². The molecule has 136 valence electrons. The van der Waals surface area contributed by atoms with Crippen molar-refractivity contribution in [2.24, 2.45) is 0 Å². The monoisotopic (exact) mass is 367 g/mol. The Morgan fingerprint density at radius 3 is 2.76 bits per heavy atom. The SMILES string of the molecule is COc1cc2c(cc1C)OCCC2(O)c1c[nH]c(S(=O)(=O)N(C)C)n1. The number of aliphatic hydroxyl groups is 1. The summed E-state index contributed by atoms with van der Waals surface area (Å²) in [5.74, 6) is 1.14. The van der Waals surface area contributed by atoms with Crippen LogP contribution in [0.4, 0.5) is 0 Å². The Bertz CT molecular complexity index is 906. The van der Waals surface area contributed by atoms with Crippen molar-refractivity contribution in [3.05, 3.63) is 35.2 Å². The molecule has 25 heavy (non-hydrogen) atoms. The lowest BCUT2D eigenvalue weighted by Gasteiger charge is -2.33. The van der Waals surface area contributed by atoms with Gasteiger partial charge in [-0.25, -0.2) is 17.7 Å². The normalized spacial score (nSPS) is 20.2. The average molecular weight is 367 g/mol. The zero-order valence-electron chi connectivity index (χ0n) is 14.5. The fraction of sp³-hybridized carbons (Fsp3) is 0.438. The number of methoxy groups -OCH3 is 1. The second-order valence-corrected chi connectivity index (χ2v) is 8.22. The number of aryl methyl sites for hydroxylation is 1. The van der Waals surface area contributed by atoms with Gasteiger partial charge in [-0.15, -0.1) is 0 Å². The Hall–Kier alpha value is -2.10. The number of aromatic nitrogens is 2. The number of ether oxygens (including phenoxy) is 2. The van der Waals surface area contributed by atoms with Crippen molar-refractivity contribution < 1.29 is 23.0 Å². The van der Waals surface area contributed by atoms with Gasteiger partial charge in [-0.1, -0.05) is 0 Å². The summed E-state index contributed by atoms with van der Waals surface area (Å²) in [6, 6.07) is 3.50. The molecule has 0 fully saturated rings. The fourth-order valence-electron chi connectivity index (χ4n) is 2.85. The van der Waals surface area contributed by atoms with E-state index in [4.69, 9.17) is 9.47 Å². The Labute approximate surface area is 146 Å². The smallest absolute Gasteiger partial charge is 0.276 e. The Morgan fingerprint density at radius 2 is 2.12 bits per heavy atom. The van der Waals surface area contributed by atoms with Crippen molar-refractivity contribution >= 4 is 10.0 Å². The lowest BCUT2D eigenvalue weighted by Crippen LogP contribution is -2.34. The predicted octanol–water partition coefficient (Wildman–Crippen LogP) is 0.995. The molecule has 0 aliphatic carbocycles. The minimum absolute atomic E-state index is 0.215. The molecule has 0 bridgehead atoms. The molecule has 0 saturated heterocycles. The number of H-pyrrole nitrogens is 1. The highest BCUT2D eigenvalue weighted by molar-refractivity contribution is 7.88. The first-order valence-corrected chi connectivity index (χ1v) is 9.17. The summed E-state index contributed by atoms with van der Waals surface area (Å²) in [6.45, 7) is 2.17. The summed E-state index contributed by atoms with van der Waals surface area (Å²) in [4.78, 5) is 6.79. The predicted molar refractivity (Wildman–Crippen MR) is 90.3 cm³/mol. The first-order valence-electron chi connectivity index (χ1n) is 7.73. The Balaban J connectivity index is 2.12. The van der Waals surface area contributed by atoms with E-state index in [0.29, 0.717) is 17.1 Å². The number of nitrogens with zero attached hydrogens (tertiary/aromatic N) is 2. The number of aromatic amines is 1. The second-order valence-electron chi connectivity index (χ2n) is 6.16.